The van der Waals surface area contributed by atoms with Gasteiger partial charge in [-0.15, -0.1) is 0 Å². The van der Waals surface area contributed by atoms with Gasteiger partial charge in [0.05, 0.1) is 5.71 Å². The predicted octanol–water partition coefficient (Wildman–Crippen LogP) is 3.11. The number of oxime groups is 1. The quantitative estimate of drug-likeness (QED) is 0.643. The highest BCUT2D eigenvalue weighted by atomic mass is 16.6. The Balaban J connectivity index is 2.54. The first-order valence-electron chi connectivity index (χ1n) is 5.35. The van der Waals surface area contributed by atoms with Crippen molar-refractivity contribution < 1.29 is 4.84 Å². The van der Waals surface area contributed by atoms with Gasteiger partial charge in [-0.2, -0.15) is 0 Å². The Labute approximate surface area is 90.9 Å². The molecule has 0 aliphatic heterocycles. The molecule has 0 N–H and O–H groups in total. The van der Waals surface area contributed by atoms with Crippen molar-refractivity contribution in [3.8, 4) is 0 Å². The van der Waals surface area contributed by atoms with Crippen LogP contribution in [0.4, 0.5) is 0 Å². The van der Waals surface area contributed by atoms with Gasteiger partial charge in [0.25, 0.3) is 0 Å². The molecule has 0 heterocycles. The van der Waals surface area contributed by atoms with E-state index in [0.717, 1.165) is 18.6 Å². The molecule has 1 aromatic carbocycles. The van der Waals surface area contributed by atoms with Crippen molar-refractivity contribution in [3.05, 3.63) is 35.4 Å². The molecule has 15 heavy (non-hydrogen) atoms. The maximum absolute atomic E-state index is 4.89. The fraction of sp³-hybridized carbons (Fsp3) is 0.462. The highest BCUT2D eigenvalue weighted by Gasteiger charge is 2.30. The molecule has 2 nitrogen and oxygen atoms in total. The Hall–Kier alpha value is -1.31. The van der Waals surface area contributed by atoms with Crippen LogP contribution < -0.4 is 0 Å². The van der Waals surface area contributed by atoms with Crippen molar-refractivity contribution >= 4 is 5.71 Å². The van der Waals surface area contributed by atoms with Gasteiger partial charge in [0.2, 0.25) is 0 Å². The molecule has 0 atom stereocenters. The first-order valence-corrected chi connectivity index (χ1v) is 5.35. The Morgan fingerprint density at radius 1 is 1.27 bits per heavy atom. The monoisotopic (exact) mass is 203 g/mol. The molecule has 2 rings (SSSR count). The van der Waals surface area contributed by atoms with E-state index < -0.39 is 0 Å². The fourth-order valence-electron chi connectivity index (χ4n) is 2.23. The molecule has 0 fully saturated rings. The summed E-state index contributed by atoms with van der Waals surface area (Å²) < 4.78 is 0. The summed E-state index contributed by atoms with van der Waals surface area (Å²) >= 11 is 0. The van der Waals surface area contributed by atoms with Gasteiger partial charge in [0, 0.05) is 5.56 Å². The van der Waals surface area contributed by atoms with Crippen LogP contribution in [0.3, 0.4) is 0 Å². The summed E-state index contributed by atoms with van der Waals surface area (Å²) in [6, 6.07) is 8.48. The lowest BCUT2D eigenvalue weighted by molar-refractivity contribution is 0.212. The highest BCUT2D eigenvalue weighted by molar-refractivity contribution is 6.02. The van der Waals surface area contributed by atoms with Gasteiger partial charge in [0.15, 0.2) is 0 Å². The van der Waals surface area contributed by atoms with Crippen LogP contribution in [0.2, 0.25) is 0 Å². The molecule has 2 heteroatoms. The second-order valence-electron chi connectivity index (χ2n) is 4.65. The molecule has 80 valence electrons. The van der Waals surface area contributed by atoms with Crippen LogP contribution in [0.15, 0.2) is 29.4 Å². The van der Waals surface area contributed by atoms with E-state index in [0.29, 0.717) is 0 Å². The fourth-order valence-corrected chi connectivity index (χ4v) is 2.23. The van der Waals surface area contributed by atoms with Gasteiger partial charge in [0.1, 0.15) is 7.11 Å². The van der Waals surface area contributed by atoms with E-state index in [4.69, 9.17) is 4.84 Å². The van der Waals surface area contributed by atoms with E-state index in [-0.39, 0.29) is 5.41 Å². The molecule has 1 aliphatic rings. The summed E-state index contributed by atoms with van der Waals surface area (Å²) in [5.74, 6) is 0. The van der Waals surface area contributed by atoms with Crippen molar-refractivity contribution in [3.63, 3.8) is 0 Å². The third-order valence-electron chi connectivity index (χ3n) is 3.16. The van der Waals surface area contributed by atoms with Gasteiger partial charge in [-0.3, -0.25) is 0 Å². The number of fused-ring (bicyclic) bond motifs is 1. The van der Waals surface area contributed by atoms with Crippen LogP contribution in [-0.2, 0) is 10.3 Å². The molecule has 0 bridgehead atoms. The summed E-state index contributed by atoms with van der Waals surface area (Å²) in [5.41, 5.74) is 3.96. The third-order valence-corrected chi connectivity index (χ3v) is 3.16. The smallest absolute Gasteiger partial charge is 0.106 e. The van der Waals surface area contributed by atoms with Crippen LogP contribution in [0.25, 0.3) is 0 Å². The lowest BCUT2D eigenvalue weighted by atomic mass is 9.72. The van der Waals surface area contributed by atoms with Crippen LogP contribution in [-0.4, -0.2) is 12.8 Å². The normalized spacial score (nSPS) is 21.1. The molecule has 1 aliphatic carbocycles. The van der Waals surface area contributed by atoms with E-state index >= 15 is 0 Å². The second-order valence-corrected chi connectivity index (χ2v) is 4.65. The van der Waals surface area contributed by atoms with Crippen LogP contribution in [0, 0.1) is 0 Å². The summed E-state index contributed by atoms with van der Waals surface area (Å²) in [6.45, 7) is 4.57. The molecule has 0 saturated carbocycles. The zero-order valence-electron chi connectivity index (χ0n) is 9.58. The Morgan fingerprint density at radius 2 is 2.00 bits per heavy atom. The Morgan fingerprint density at radius 3 is 2.73 bits per heavy atom. The molecule has 0 spiro atoms. The van der Waals surface area contributed by atoms with Crippen LogP contribution in [0.1, 0.15) is 37.8 Å². The third kappa shape index (κ3) is 1.76. The Kier molecular flexibility index (Phi) is 2.51. The highest BCUT2D eigenvalue weighted by Crippen LogP contribution is 2.36. The lowest BCUT2D eigenvalue weighted by Crippen LogP contribution is -2.27. The van der Waals surface area contributed by atoms with Crippen LogP contribution in [0.5, 0.6) is 0 Å². The first-order chi connectivity index (χ1) is 7.15. The summed E-state index contributed by atoms with van der Waals surface area (Å²) in [6.07, 6.45) is 2.13. The first kappa shape index (κ1) is 10.2. The van der Waals surface area contributed by atoms with Crippen molar-refractivity contribution in [2.45, 2.75) is 32.1 Å². The van der Waals surface area contributed by atoms with Gasteiger partial charge >= 0.3 is 0 Å². The minimum atomic E-state index is 0.253. The number of hydrogen-bond acceptors (Lipinski definition) is 2. The number of benzene rings is 1. The van der Waals surface area contributed by atoms with Crippen molar-refractivity contribution in [1.29, 1.82) is 0 Å². The van der Waals surface area contributed by atoms with Gasteiger partial charge < -0.3 is 4.84 Å². The average Bonchev–Trinajstić information content (AvgIpc) is 2.23. The summed E-state index contributed by atoms with van der Waals surface area (Å²) in [7, 11) is 1.61. The van der Waals surface area contributed by atoms with E-state index in [1.165, 1.54) is 11.1 Å². The minimum absolute atomic E-state index is 0.253. The molecule has 0 unspecified atom stereocenters. The summed E-state index contributed by atoms with van der Waals surface area (Å²) in [5, 5.41) is 4.11. The number of rotatable bonds is 1. The minimum Gasteiger partial charge on any atom is -0.399 e. The van der Waals surface area contributed by atoms with E-state index in [2.05, 4.69) is 43.3 Å². The number of nitrogens with zero attached hydrogens (tertiary/aromatic N) is 1. The van der Waals surface area contributed by atoms with Gasteiger partial charge in [-0.05, 0) is 23.8 Å². The zero-order valence-corrected chi connectivity index (χ0v) is 9.58. The van der Waals surface area contributed by atoms with Crippen molar-refractivity contribution in [2.24, 2.45) is 5.16 Å². The van der Waals surface area contributed by atoms with E-state index in [1.54, 1.807) is 7.11 Å². The molecule has 1 aromatic rings. The largest absolute Gasteiger partial charge is 0.399 e. The maximum atomic E-state index is 4.89. The average molecular weight is 203 g/mol. The van der Waals surface area contributed by atoms with Gasteiger partial charge in [-0.25, -0.2) is 0 Å². The molecule has 0 radical (unpaired) electrons. The summed E-state index contributed by atoms with van der Waals surface area (Å²) in [4.78, 5) is 4.89. The predicted molar refractivity (Wildman–Crippen MR) is 62.2 cm³/mol. The van der Waals surface area contributed by atoms with E-state index in [1.807, 2.05) is 0 Å². The number of hydrogen-bond donors (Lipinski definition) is 0. The lowest BCUT2D eigenvalue weighted by Gasteiger charge is -2.32. The zero-order chi connectivity index (χ0) is 10.9. The van der Waals surface area contributed by atoms with Crippen molar-refractivity contribution in [2.75, 3.05) is 7.11 Å². The molecule has 0 saturated heterocycles. The molecular formula is C13H17NO. The molecule has 0 amide bonds. The topological polar surface area (TPSA) is 21.6 Å². The standard InChI is InChI=1S/C13H17NO/c1-13(2)9-8-12(14-15-3)10-6-4-5-7-11(10)13/h4-7H,8-9H2,1-3H3/b14-12+. The van der Waals surface area contributed by atoms with Crippen molar-refractivity contribution in [1.82, 2.24) is 0 Å². The van der Waals surface area contributed by atoms with Crippen LogP contribution >= 0.6 is 0 Å². The molecule has 0 aromatic heterocycles. The SMILES string of the molecule is CO/N=C1\CCC(C)(C)c2ccccc21. The second kappa shape index (κ2) is 3.69. The Bertz CT molecular complexity index is 393. The molecular weight excluding hydrogens is 186 g/mol. The van der Waals surface area contributed by atoms with E-state index in [9.17, 15) is 0 Å². The van der Waals surface area contributed by atoms with Gasteiger partial charge in [-0.1, -0.05) is 43.3 Å². The maximum Gasteiger partial charge on any atom is 0.106 e.